The summed E-state index contributed by atoms with van der Waals surface area (Å²) in [4.78, 5) is 1.36. The molecule has 1 heterocycles. The molecule has 0 aliphatic heterocycles. The van der Waals surface area contributed by atoms with Crippen LogP contribution in [-0.4, -0.2) is 7.11 Å². The number of methoxy groups -OCH3 is 1. The number of thiophene rings is 1. The number of ether oxygens (including phenoxy) is 1. The summed E-state index contributed by atoms with van der Waals surface area (Å²) in [7, 11) is 1.71. The van der Waals surface area contributed by atoms with Crippen molar-refractivity contribution in [3.8, 4) is 5.75 Å². The lowest BCUT2D eigenvalue weighted by molar-refractivity contribution is 0.406. The molecular formula is C14H17NOS. The molecule has 3 heteroatoms. The Labute approximate surface area is 106 Å². The first kappa shape index (κ1) is 12.1. The lowest BCUT2D eigenvalue weighted by atomic mass is 10.2. The van der Waals surface area contributed by atoms with Crippen LogP contribution in [0.2, 0.25) is 0 Å². The van der Waals surface area contributed by atoms with Gasteiger partial charge in [0.05, 0.1) is 7.11 Å². The standard InChI is InChI=1S/C14H17NOS/c1-11(14-8-5-9-17-14)15-10-12-6-3-4-7-13(12)16-2/h3-9,11,15H,10H2,1-2H3/t11-/m0/s1. The monoisotopic (exact) mass is 247 g/mol. The Morgan fingerprint density at radius 1 is 1.24 bits per heavy atom. The van der Waals surface area contributed by atoms with E-state index in [1.54, 1.807) is 18.4 Å². The average molecular weight is 247 g/mol. The summed E-state index contributed by atoms with van der Waals surface area (Å²) in [6.07, 6.45) is 0. The highest BCUT2D eigenvalue weighted by molar-refractivity contribution is 7.10. The van der Waals surface area contributed by atoms with Crippen LogP contribution in [0.3, 0.4) is 0 Å². The zero-order chi connectivity index (χ0) is 12.1. The third-order valence-corrected chi connectivity index (χ3v) is 3.82. The Morgan fingerprint density at radius 3 is 2.76 bits per heavy atom. The minimum Gasteiger partial charge on any atom is -0.496 e. The first-order valence-electron chi connectivity index (χ1n) is 5.70. The van der Waals surface area contributed by atoms with Crippen LogP contribution in [0.1, 0.15) is 23.4 Å². The molecule has 0 aliphatic carbocycles. The van der Waals surface area contributed by atoms with E-state index in [0.717, 1.165) is 12.3 Å². The van der Waals surface area contributed by atoms with Crippen molar-refractivity contribution in [2.45, 2.75) is 19.5 Å². The van der Waals surface area contributed by atoms with Crippen molar-refractivity contribution >= 4 is 11.3 Å². The molecule has 0 fully saturated rings. The maximum Gasteiger partial charge on any atom is 0.123 e. The van der Waals surface area contributed by atoms with Crippen LogP contribution in [-0.2, 0) is 6.54 Å². The minimum atomic E-state index is 0.375. The van der Waals surface area contributed by atoms with Gasteiger partial charge in [0.2, 0.25) is 0 Å². The average Bonchev–Trinajstić information content (AvgIpc) is 2.90. The molecule has 1 N–H and O–H groups in total. The summed E-state index contributed by atoms with van der Waals surface area (Å²) in [5.74, 6) is 0.943. The number of nitrogens with one attached hydrogen (secondary N) is 1. The topological polar surface area (TPSA) is 21.3 Å². The second kappa shape index (κ2) is 5.84. The number of hydrogen-bond acceptors (Lipinski definition) is 3. The molecule has 0 aliphatic rings. The van der Waals surface area contributed by atoms with E-state index in [-0.39, 0.29) is 0 Å². The largest absolute Gasteiger partial charge is 0.496 e. The molecule has 2 aromatic rings. The first-order chi connectivity index (χ1) is 8.31. The first-order valence-corrected chi connectivity index (χ1v) is 6.58. The Bertz CT molecular complexity index is 453. The summed E-state index contributed by atoms with van der Waals surface area (Å²) in [5.41, 5.74) is 1.19. The molecule has 0 radical (unpaired) electrons. The van der Waals surface area contributed by atoms with E-state index in [4.69, 9.17) is 4.74 Å². The van der Waals surface area contributed by atoms with E-state index < -0.39 is 0 Å². The molecule has 1 atom stereocenters. The number of rotatable bonds is 5. The highest BCUT2D eigenvalue weighted by Gasteiger charge is 2.07. The van der Waals surface area contributed by atoms with Gasteiger partial charge in [0.15, 0.2) is 0 Å². The van der Waals surface area contributed by atoms with Crippen LogP contribution in [0.15, 0.2) is 41.8 Å². The maximum absolute atomic E-state index is 5.33. The third kappa shape index (κ3) is 3.08. The van der Waals surface area contributed by atoms with Crippen molar-refractivity contribution in [3.63, 3.8) is 0 Å². The van der Waals surface area contributed by atoms with Gasteiger partial charge in [0.1, 0.15) is 5.75 Å². The molecule has 0 amide bonds. The van der Waals surface area contributed by atoms with Gasteiger partial charge < -0.3 is 10.1 Å². The van der Waals surface area contributed by atoms with Crippen molar-refractivity contribution < 1.29 is 4.74 Å². The molecule has 0 saturated carbocycles. The summed E-state index contributed by atoms with van der Waals surface area (Å²) in [6.45, 7) is 3.00. The Kier molecular flexibility index (Phi) is 4.18. The van der Waals surface area contributed by atoms with Crippen LogP contribution >= 0.6 is 11.3 Å². The highest BCUT2D eigenvalue weighted by Crippen LogP contribution is 2.21. The fourth-order valence-corrected chi connectivity index (χ4v) is 2.51. The minimum absolute atomic E-state index is 0.375. The zero-order valence-electron chi connectivity index (χ0n) is 10.1. The normalized spacial score (nSPS) is 12.4. The van der Waals surface area contributed by atoms with Crippen molar-refractivity contribution in [2.24, 2.45) is 0 Å². The van der Waals surface area contributed by atoms with E-state index >= 15 is 0 Å². The van der Waals surface area contributed by atoms with E-state index in [1.165, 1.54) is 10.4 Å². The second-order valence-corrected chi connectivity index (χ2v) is 4.91. The van der Waals surface area contributed by atoms with Crippen molar-refractivity contribution in [1.29, 1.82) is 0 Å². The molecule has 1 aromatic heterocycles. The third-order valence-electron chi connectivity index (χ3n) is 2.76. The van der Waals surface area contributed by atoms with E-state index in [0.29, 0.717) is 6.04 Å². The predicted molar refractivity (Wildman–Crippen MR) is 72.6 cm³/mol. The highest BCUT2D eigenvalue weighted by atomic mass is 32.1. The molecule has 2 rings (SSSR count). The summed E-state index contributed by atoms with van der Waals surface area (Å²) >= 11 is 1.78. The van der Waals surface area contributed by atoms with Crippen LogP contribution in [0.25, 0.3) is 0 Å². The van der Waals surface area contributed by atoms with E-state index in [2.05, 4.69) is 35.8 Å². The van der Waals surface area contributed by atoms with Gasteiger partial charge in [-0.1, -0.05) is 24.3 Å². The van der Waals surface area contributed by atoms with E-state index in [9.17, 15) is 0 Å². The fraction of sp³-hybridized carbons (Fsp3) is 0.286. The molecule has 17 heavy (non-hydrogen) atoms. The molecule has 90 valence electrons. The Hall–Kier alpha value is -1.32. The van der Waals surface area contributed by atoms with Crippen molar-refractivity contribution in [1.82, 2.24) is 5.32 Å². The van der Waals surface area contributed by atoms with Crippen LogP contribution in [0.4, 0.5) is 0 Å². The Balaban J connectivity index is 1.98. The molecule has 0 unspecified atom stereocenters. The van der Waals surface area contributed by atoms with Crippen LogP contribution in [0, 0.1) is 0 Å². The molecular weight excluding hydrogens is 230 g/mol. The smallest absolute Gasteiger partial charge is 0.123 e. The zero-order valence-corrected chi connectivity index (χ0v) is 11.0. The van der Waals surface area contributed by atoms with Gasteiger partial charge in [-0.15, -0.1) is 11.3 Å². The molecule has 2 nitrogen and oxygen atoms in total. The summed E-state index contributed by atoms with van der Waals surface area (Å²) < 4.78 is 5.33. The molecule has 0 spiro atoms. The summed E-state index contributed by atoms with van der Waals surface area (Å²) in [5, 5.41) is 5.61. The SMILES string of the molecule is COc1ccccc1CN[C@@H](C)c1cccs1. The second-order valence-electron chi connectivity index (χ2n) is 3.93. The maximum atomic E-state index is 5.33. The summed E-state index contributed by atoms with van der Waals surface area (Å²) in [6, 6.07) is 12.7. The Morgan fingerprint density at radius 2 is 2.06 bits per heavy atom. The van der Waals surface area contributed by atoms with Gasteiger partial charge in [-0.2, -0.15) is 0 Å². The lowest BCUT2D eigenvalue weighted by Crippen LogP contribution is -2.17. The number of hydrogen-bond donors (Lipinski definition) is 1. The molecule has 1 aromatic carbocycles. The number of benzene rings is 1. The van der Waals surface area contributed by atoms with Crippen LogP contribution < -0.4 is 10.1 Å². The van der Waals surface area contributed by atoms with Gasteiger partial charge >= 0.3 is 0 Å². The molecule has 0 bridgehead atoms. The van der Waals surface area contributed by atoms with Crippen molar-refractivity contribution in [2.75, 3.05) is 7.11 Å². The molecule has 0 saturated heterocycles. The van der Waals surface area contributed by atoms with Gasteiger partial charge in [-0.3, -0.25) is 0 Å². The van der Waals surface area contributed by atoms with Gasteiger partial charge in [0, 0.05) is 23.0 Å². The van der Waals surface area contributed by atoms with E-state index in [1.807, 2.05) is 18.2 Å². The fourth-order valence-electron chi connectivity index (χ4n) is 1.75. The number of para-hydroxylation sites is 1. The van der Waals surface area contributed by atoms with Gasteiger partial charge in [0.25, 0.3) is 0 Å². The van der Waals surface area contributed by atoms with Gasteiger partial charge in [-0.05, 0) is 24.4 Å². The van der Waals surface area contributed by atoms with Crippen molar-refractivity contribution in [3.05, 3.63) is 52.2 Å². The quantitative estimate of drug-likeness (QED) is 0.871. The van der Waals surface area contributed by atoms with Gasteiger partial charge in [-0.25, -0.2) is 0 Å². The lowest BCUT2D eigenvalue weighted by Gasteiger charge is -2.14. The predicted octanol–water partition coefficient (Wildman–Crippen LogP) is 3.61. The van der Waals surface area contributed by atoms with Crippen LogP contribution in [0.5, 0.6) is 5.75 Å².